The van der Waals surface area contributed by atoms with Crippen molar-refractivity contribution in [3.8, 4) is 0 Å². The van der Waals surface area contributed by atoms with Gasteiger partial charge in [-0.2, -0.15) is 0 Å². The molecule has 4 heteroatoms. The topological polar surface area (TPSA) is 47.6 Å². The number of amides is 1. The van der Waals surface area contributed by atoms with Crippen LogP contribution >= 0.6 is 0 Å². The van der Waals surface area contributed by atoms with Crippen molar-refractivity contribution in [1.82, 2.24) is 5.32 Å². The Hall–Kier alpha value is -2.17. The minimum Gasteiger partial charge on any atom is -0.381 e. The Balaban J connectivity index is 1.89. The summed E-state index contributed by atoms with van der Waals surface area (Å²) in [7, 11) is 0. The molecular formula is C25H35NO3. The molecule has 4 nitrogen and oxygen atoms in total. The van der Waals surface area contributed by atoms with Crippen molar-refractivity contribution < 1.29 is 14.3 Å². The van der Waals surface area contributed by atoms with Gasteiger partial charge in [0.05, 0.1) is 25.4 Å². The molecule has 0 heterocycles. The highest BCUT2D eigenvalue weighted by Crippen LogP contribution is 2.11. The van der Waals surface area contributed by atoms with Gasteiger partial charge in [0, 0.05) is 18.9 Å². The molecule has 2 rings (SSSR count). The van der Waals surface area contributed by atoms with Crippen LogP contribution in [0.15, 0.2) is 60.7 Å². The molecule has 0 bridgehead atoms. The van der Waals surface area contributed by atoms with Gasteiger partial charge < -0.3 is 14.8 Å². The maximum Gasteiger partial charge on any atom is 0.220 e. The highest BCUT2D eigenvalue weighted by Gasteiger charge is 2.18. The van der Waals surface area contributed by atoms with Crippen molar-refractivity contribution in [1.29, 1.82) is 0 Å². The molecule has 0 radical (unpaired) electrons. The molecule has 0 aliphatic carbocycles. The van der Waals surface area contributed by atoms with Crippen molar-refractivity contribution in [2.75, 3.05) is 19.8 Å². The van der Waals surface area contributed by atoms with Crippen molar-refractivity contribution in [3.63, 3.8) is 0 Å². The van der Waals surface area contributed by atoms with Crippen LogP contribution in [0.25, 0.3) is 0 Å². The molecule has 0 saturated carbocycles. The minimum atomic E-state index is -0.0533. The van der Waals surface area contributed by atoms with E-state index in [0.717, 1.165) is 12.8 Å². The van der Waals surface area contributed by atoms with Crippen LogP contribution in [0.4, 0.5) is 0 Å². The lowest BCUT2D eigenvalue weighted by atomic mass is 10.0. The van der Waals surface area contributed by atoms with Crippen LogP contribution in [0, 0.1) is 5.92 Å². The van der Waals surface area contributed by atoms with Gasteiger partial charge in [-0.05, 0) is 37.8 Å². The number of aryl methyl sites for hydroxylation is 1. The summed E-state index contributed by atoms with van der Waals surface area (Å²) in [5.74, 6) is 0.370. The van der Waals surface area contributed by atoms with Gasteiger partial charge in [0.15, 0.2) is 0 Å². The third-order valence-electron chi connectivity index (χ3n) is 5.12. The molecule has 0 aliphatic heterocycles. The maximum absolute atomic E-state index is 12.6. The van der Waals surface area contributed by atoms with Crippen molar-refractivity contribution >= 4 is 5.91 Å². The number of carbonyl (C=O) groups is 1. The van der Waals surface area contributed by atoms with E-state index in [4.69, 9.17) is 9.47 Å². The zero-order valence-electron chi connectivity index (χ0n) is 18.0. The van der Waals surface area contributed by atoms with Gasteiger partial charge in [0.2, 0.25) is 5.91 Å². The lowest BCUT2D eigenvalue weighted by molar-refractivity contribution is -0.122. The molecule has 1 amide bonds. The summed E-state index contributed by atoms with van der Waals surface area (Å²) in [6.45, 7) is 8.09. The largest absolute Gasteiger partial charge is 0.381 e. The van der Waals surface area contributed by atoms with Gasteiger partial charge in [-0.25, -0.2) is 0 Å². The van der Waals surface area contributed by atoms with Gasteiger partial charge >= 0.3 is 0 Å². The summed E-state index contributed by atoms with van der Waals surface area (Å²) in [6, 6.07) is 20.3. The standard InChI is InChI=1S/C25H35NO3/c1-4-28-18-20(2)21(3)29-19-24(17-23-13-9-6-10-14-23)26-25(27)16-15-22-11-7-5-8-12-22/h5-14,20-21,24H,4,15-19H2,1-3H3,(H,26,27). The van der Waals surface area contributed by atoms with Crippen LogP contribution in [0.1, 0.15) is 38.3 Å². The van der Waals surface area contributed by atoms with E-state index in [0.29, 0.717) is 32.2 Å². The monoisotopic (exact) mass is 397 g/mol. The highest BCUT2D eigenvalue weighted by atomic mass is 16.5. The van der Waals surface area contributed by atoms with Gasteiger partial charge in [-0.3, -0.25) is 4.79 Å². The molecule has 3 unspecified atom stereocenters. The minimum absolute atomic E-state index is 0.0533. The SMILES string of the molecule is CCOCC(C)C(C)OCC(Cc1ccccc1)NC(=O)CCc1ccccc1. The van der Waals surface area contributed by atoms with Gasteiger partial charge in [-0.1, -0.05) is 67.6 Å². The van der Waals surface area contributed by atoms with E-state index in [1.54, 1.807) is 0 Å². The zero-order valence-corrected chi connectivity index (χ0v) is 18.0. The highest BCUT2D eigenvalue weighted by molar-refractivity contribution is 5.76. The van der Waals surface area contributed by atoms with E-state index >= 15 is 0 Å². The first kappa shape index (κ1) is 23.1. The van der Waals surface area contributed by atoms with Crippen LogP contribution in [0.5, 0.6) is 0 Å². The molecule has 0 fully saturated rings. The Morgan fingerprint density at radius 3 is 2.17 bits per heavy atom. The number of nitrogens with one attached hydrogen (secondary N) is 1. The van der Waals surface area contributed by atoms with Crippen LogP contribution < -0.4 is 5.32 Å². The second kappa shape index (κ2) is 13.1. The van der Waals surface area contributed by atoms with E-state index in [1.807, 2.05) is 43.3 Å². The predicted molar refractivity (Wildman–Crippen MR) is 118 cm³/mol. The molecule has 158 valence electrons. The van der Waals surface area contributed by atoms with Gasteiger partial charge in [-0.15, -0.1) is 0 Å². The summed E-state index contributed by atoms with van der Waals surface area (Å²) in [4.78, 5) is 12.6. The predicted octanol–water partition coefficient (Wildman–Crippen LogP) is 4.42. The first-order chi connectivity index (χ1) is 14.1. The second-order valence-electron chi connectivity index (χ2n) is 7.61. The number of hydrogen-bond donors (Lipinski definition) is 1. The number of rotatable bonds is 13. The van der Waals surface area contributed by atoms with Crippen LogP contribution in [0.2, 0.25) is 0 Å². The summed E-state index contributed by atoms with van der Waals surface area (Å²) < 4.78 is 11.6. The average Bonchev–Trinajstić information content (AvgIpc) is 2.75. The maximum atomic E-state index is 12.6. The van der Waals surface area contributed by atoms with E-state index in [2.05, 4.69) is 43.4 Å². The quantitative estimate of drug-likeness (QED) is 0.544. The first-order valence-electron chi connectivity index (χ1n) is 10.6. The lowest BCUT2D eigenvalue weighted by Crippen LogP contribution is -2.41. The molecular weight excluding hydrogens is 362 g/mol. The van der Waals surface area contributed by atoms with Crippen LogP contribution in [-0.4, -0.2) is 37.9 Å². The first-order valence-corrected chi connectivity index (χ1v) is 10.6. The Labute approximate surface area is 175 Å². The van der Waals surface area contributed by atoms with Crippen molar-refractivity contribution in [3.05, 3.63) is 71.8 Å². The zero-order chi connectivity index (χ0) is 20.9. The molecule has 29 heavy (non-hydrogen) atoms. The molecule has 0 aliphatic rings. The summed E-state index contributed by atoms with van der Waals surface area (Å²) in [6.07, 6.45) is 2.05. The molecule has 0 aromatic heterocycles. The summed E-state index contributed by atoms with van der Waals surface area (Å²) in [5, 5.41) is 3.18. The fourth-order valence-corrected chi connectivity index (χ4v) is 3.12. The van der Waals surface area contributed by atoms with E-state index in [1.165, 1.54) is 11.1 Å². The van der Waals surface area contributed by atoms with Crippen LogP contribution in [0.3, 0.4) is 0 Å². The fraction of sp³-hybridized carbons (Fsp3) is 0.480. The lowest BCUT2D eigenvalue weighted by Gasteiger charge is -2.25. The summed E-state index contributed by atoms with van der Waals surface area (Å²) in [5.41, 5.74) is 2.37. The average molecular weight is 398 g/mol. The third-order valence-corrected chi connectivity index (χ3v) is 5.12. The third kappa shape index (κ3) is 9.25. The van der Waals surface area contributed by atoms with Crippen molar-refractivity contribution in [2.24, 2.45) is 5.92 Å². The van der Waals surface area contributed by atoms with E-state index in [-0.39, 0.29) is 18.1 Å². The molecule has 0 spiro atoms. The normalized spacial score (nSPS) is 14.2. The Bertz CT molecular complexity index is 690. The van der Waals surface area contributed by atoms with Gasteiger partial charge in [0.25, 0.3) is 0 Å². The van der Waals surface area contributed by atoms with Crippen molar-refractivity contribution in [2.45, 2.75) is 52.2 Å². The second-order valence-corrected chi connectivity index (χ2v) is 7.61. The molecule has 0 saturated heterocycles. The fourth-order valence-electron chi connectivity index (χ4n) is 3.12. The number of carbonyl (C=O) groups excluding carboxylic acids is 1. The number of ether oxygens (including phenoxy) is 2. The Kier molecular flexibility index (Phi) is 10.5. The Morgan fingerprint density at radius 2 is 1.55 bits per heavy atom. The van der Waals surface area contributed by atoms with E-state index < -0.39 is 0 Å². The molecule has 2 aromatic carbocycles. The smallest absolute Gasteiger partial charge is 0.220 e. The summed E-state index contributed by atoms with van der Waals surface area (Å²) >= 11 is 0. The molecule has 3 atom stereocenters. The number of benzene rings is 2. The van der Waals surface area contributed by atoms with Gasteiger partial charge in [0.1, 0.15) is 0 Å². The molecule has 2 aromatic rings. The number of hydrogen-bond acceptors (Lipinski definition) is 3. The Morgan fingerprint density at radius 1 is 0.931 bits per heavy atom. The van der Waals surface area contributed by atoms with E-state index in [9.17, 15) is 4.79 Å². The molecule has 1 N–H and O–H groups in total. The van der Waals surface area contributed by atoms with Crippen LogP contribution in [-0.2, 0) is 27.1 Å².